The lowest BCUT2D eigenvalue weighted by atomic mass is 10.2. The molecule has 6 heteroatoms. The van der Waals surface area contributed by atoms with Crippen LogP contribution in [0.25, 0.3) is 0 Å². The van der Waals surface area contributed by atoms with Gasteiger partial charge in [0.05, 0.1) is 0 Å². The molecule has 6 nitrogen and oxygen atoms in total. The first kappa shape index (κ1) is 15.0. The molecular weight excluding hydrogens is 244 g/mol. The summed E-state index contributed by atoms with van der Waals surface area (Å²) in [6.45, 7) is 2.10. The summed E-state index contributed by atoms with van der Waals surface area (Å²) in [5.74, 6) is -0.159. The molecule has 0 bridgehead atoms. The van der Waals surface area contributed by atoms with Crippen molar-refractivity contribution in [3.63, 3.8) is 0 Å². The molecule has 0 saturated heterocycles. The van der Waals surface area contributed by atoms with Gasteiger partial charge >= 0.3 is 6.03 Å². The molecule has 1 unspecified atom stereocenters. The molecule has 0 saturated carbocycles. The molecule has 1 aromatic carbocycles. The summed E-state index contributed by atoms with van der Waals surface area (Å²) in [4.78, 5) is 24.7. The number of urea groups is 1. The Hall–Kier alpha value is -2.08. The molecule has 0 fully saturated rings. The lowest BCUT2D eigenvalue weighted by molar-refractivity contribution is -0.130. The van der Waals surface area contributed by atoms with Crippen LogP contribution in [0.5, 0.6) is 0 Å². The van der Waals surface area contributed by atoms with Crippen molar-refractivity contribution in [2.24, 2.45) is 5.73 Å². The van der Waals surface area contributed by atoms with Gasteiger partial charge < -0.3 is 21.3 Å². The zero-order valence-electron chi connectivity index (χ0n) is 11.4. The predicted octanol–water partition coefficient (Wildman–Crippen LogP) is 0.744. The number of anilines is 1. The number of likely N-dealkylation sites (N-methyl/N-ethyl adjacent to an activating group) is 1. The standard InChI is InChI=1S/C13H20N4O2/c1-9(12(18)17(2)3)15-13(19)16-11-6-4-10(8-14)5-7-11/h4-7,9H,8,14H2,1-3H3,(H2,15,16,19). The summed E-state index contributed by atoms with van der Waals surface area (Å²) in [5, 5.41) is 5.23. The summed E-state index contributed by atoms with van der Waals surface area (Å²) in [5.41, 5.74) is 7.13. The van der Waals surface area contributed by atoms with E-state index >= 15 is 0 Å². The lowest BCUT2D eigenvalue weighted by Gasteiger charge is -2.18. The van der Waals surface area contributed by atoms with Crippen LogP contribution in [-0.2, 0) is 11.3 Å². The third-order valence-electron chi connectivity index (χ3n) is 2.61. The third-order valence-corrected chi connectivity index (χ3v) is 2.61. The van der Waals surface area contributed by atoms with E-state index in [1.54, 1.807) is 33.2 Å². The van der Waals surface area contributed by atoms with Crippen molar-refractivity contribution in [2.45, 2.75) is 19.5 Å². The van der Waals surface area contributed by atoms with E-state index in [-0.39, 0.29) is 5.91 Å². The quantitative estimate of drug-likeness (QED) is 0.749. The van der Waals surface area contributed by atoms with Crippen LogP contribution in [0, 0.1) is 0 Å². The van der Waals surface area contributed by atoms with Crippen molar-refractivity contribution in [1.29, 1.82) is 0 Å². The number of nitrogens with two attached hydrogens (primary N) is 1. The maximum atomic E-state index is 11.7. The second-order valence-corrected chi connectivity index (χ2v) is 4.45. The Bertz CT molecular complexity index is 442. The first-order chi connectivity index (χ1) is 8.93. The van der Waals surface area contributed by atoms with Gasteiger partial charge in [-0.2, -0.15) is 0 Å². The van der Waals surface area contributed by atoms with E-state index in [2.05, 4.69) is 10.6 Å². The fourth-order valence-corrected chi connectivity index (χ4v) is 1.54. The van der Waals surface area contributed by atoms with Crippen LogP contribution in [0.3, 0.4) is 0 Å². The van der Waals surface area contributed by atoms with E-state index in [1.165, 1.54) is 4.90 Å². The smallest absolute Gasteiger partial charge is 0.319 e. The fraction of sp³-hybridized carbons (Fsp3) is 0.385. The van der Waals surface area contributed by atoms with Gasteiger partial charge in [0.2, 0.25) is 5.91 Å². The van der Waals surface area contributed by atoms with Crippen molar-refractivity contribution >= 4 is 17.6 Å². The Morgan fingerprint density at radius 2 is 1.84 bits per heavy atom. The number of amides is 3. The topological polar surface area (TPSA) is 87.5 Å². The number of carbonyl (C=O) groups is 2. The van der Waals surface area contributed by atoms with Crippen molar-refractivity contribution in [3.05, 3.63) is 29.8 Å². The van der Waals surface area contributed by atoms with Crippen LogP contribution in [0.15, 0.2) is 24.3 Å². The van der Waals surface area contributed by atoms with Crippen molar-refractivity contribution < 1.29 is 9.59 Å². The number of benzene rings is 1. The number of nitrogens with one attached hydrogen (secondary N) is 2. The molecule has 0 heterocycles. The summed E-state index contributed by atoms with van der Waals surface area (Å²) in [6.07, 6.45) is 0. The molecule has 104 valence electrons. The largest absolute Gasteiger partial charge is 0.347 e. The van der Waals surface area contributed by atoms with Gasteiger partial charge in [-0.1, -0.05) is 12.1 Å². The van der Waals surface area contributed by atoms with E-state index < -0.39 is 12.1 Å². The summed E-state index contributed by atoms with van der Waals surface area (Å²) in [7, 11) is 3.29. The number of nitrogens with zero attached hydrogens (tertiary/aromatic N) is 1. The summed E-state index contributed by atoms with van der Waals surface area (Å²) >= 11 is 0. The van der Waals surface area contributed by atoms with Crippen LogP contribution in [0.4, 0.5) is 10.5 Å². The minimum atomic E-state index is -0.571. The number of rotatable bonds is 4. The van der Waals surface area contributed by atoms with Crippen LogP contribution in [0.1, 0.15) is 12.5 Å². The first-order valence-corrected chi connectivity index (χ1v) is 6.01. The molecule has 4 N–H and O–H groups in total. The third kappa shape index (κ3) is 4.59. The van der Waals surface area contributed by atoms with Gasteiger partial charge in [0, 0.05) is 26.3 Å². The second-order valence-electron chi connectivity index (χ2n) is 4.45. The van der Waals surface area contributed by atoms with Crippen molar-refractivity contribution in [2.75, 3.05) is 19.4 Å². The van der Waals surface area contributed by atoms with Crippen LogP contribution in [0.2, 0.25) is 0 Å². The van der Waals surface area contributed by atoms with E-state index in [1.807, 2.05) is 12.1 Å². The minimum absolute atomic E-state index is 0.159. The highest BCUT2D eigenvalue weighted by Gasteiger charge is 2.16. The monoisotopic (exact) mass is 264 g/mol. The molecule has 3 amide bonds. The highest BCUT2D eigenvalue weighted by molar-refractivity contribution is 5.93. The Balaban J connectivity index is 2.52. The van der Waals surface area contributed by atoms with Gasteiger partial charge in [0.1, 0.15) is 6.04 Å². The lowest BCUT2D eigenvalue weighted by Crippen LogP contribution is -2.45. The summed E-state index contributed by atoms with van der Waals surface area (Å²) < 4.78 is 0. The van der Waals surface area contributed by atoms with E-state index in [4.69, 9.17) is 5.73 Å². The molecule has 1 atom stereocenters. The molecule has 0 radical (unpaired) electrons. The fourth-order valence-electron chi connectivity index (χ4n) is 1.54. The number of hydrogen-bond acceptors (Lipinski definition) is 3. The number of hydrogen-bond donors (Lipinski definition) is 3. The molecule has 19 heavy (non-hydrogen) atoms. The molecule has 0 aliphatic rings. The van der Waals surface area contributed by atoms with E-state index in [9.17, 15) is 9.59 Å². The Labute approximate surface area is 113 Å². The van der Waals surface area contributed by atoms with Gasteiger partial charge in [-0.3, -0.25) is 4.79 Å². The van der Waals surface area contributed by atoms with Gasteiger partial charge in [-0.25, -0.2) is 4.79 Å². The van der Waals surface area contributed by atoms with Crippen LogP contribution >= 0.6 is 0 Å². The minimum Gasteiger partial charge on any atom is -0.347 e. The van der Waals surface area contributed by atoms with Crippen molar-refractivity contribution in [1.82, 2.24) is 10.2 Å². The van der Waals surface area contributed by atoms with Gasteiger partial charge in [0.15, 0.2) is 0 Å². The zero-order valence-corrected chi connectivity index (χ0v) is 11.4. The van der Waals surface area contributed by atoms with Gasteiger partial charge in [0.25, 0.3) is 0 Å². The molecule has 0 aliphatic heterocycles. The Kier molecular flexibility index (Phi) is 5.32. The maximum Gasteiger partial charge on any atom is 0.319 e. The zero-order chi connectivity index (χ0) is 14.4. The average molecular weight is 264 g/mol. The second kappa shape index (κ2) is 6.75. The maximum absolute atomic E-state index is 11.7. The van der Waals surface area contributed by atoms with Gasteiger partial charge in [-0.05, 0) is 24.6 Å². The van der Waals surface area contributed by atoms with Crippen molar-refractivity contribution in [3.8, 4) is 0 Å². The van der Waals surface area contributed by atoms with Crippen LogP contribution < -0.4 is 16.4 Å². The van der Waals surface area contributed by atoms with Gasteiger partial charge in [-0.15, -0.1) is 0 Å². The Morgan fingerprint density at radius 1 is 1.26 bits per heavy atom. The molecule has 0 aromatic heterocycles. The molecule has 0 aliphatic carbocycles. The normalized spacial score (nSPS) is 11.6. The molecule has 1 aromatic rings. The highest BCUT2D eigenvalue weighted by Crippen LogP contribution is 2.08. The molecule has 0 spiro atoms. The Morgan fingerprint density at radius 3 is 2.32 bits per heavy atom. The predicted molar refractivity (Wildman–Crippen MR) is 74.6 cm³/mol. The summed E-state index contributed by atoms with van der Waals surface area (Å²) in [6, 6.07) is 6.22. The van der Waals surface area contributed by atoms with E-state index in [0.29, 0.717) is 12.2 Å². The van der Waals surface area contributed by atoms with Crippen LogP contribution in [-0.4, -0.2) is 37.0 Å². The highest BCUT2D eigenvalue weighted by atomic mass is 16.2. The molecular formula is C13H20N4O2. The van der Waals surface area contributed by atoms with E-state index in [0.717, 1.165) is 5.56 Å². The number of carbonyl (C=O) groups excluding carboxylic acids is 2. The SMILES string of the molecule is CC(NC(=O)Nc1ccc(CN)cc1)C(=O)N(C)C. The molecule has 1 rings (SSSR count). The average Bonchev–Trinajstić information content (AvgIpc) is 2.38. The first-order valence-electron chi connectivity index (χ1n) is 6.01.